The van der Waals surface area contributed by atoms with Gasteiger partial charge < -0.3 is 18.6 Å². The van der Waals surface area contributed by atoms with Gasteiger partial charge in [0.05, 0.1) is 25.4 Å². The summed E-state index contributed by atoms with van der Waals surface area (Å²) in [4.78, 5) is 0. The van der Waals surface area contributed by atoms with Crippen LogP contribution in [-0.4, -0.2) is 53.6 Å². The molecule has 0 spiro atoms. The van der Waals surface area contributed by atoms with Crippen molar-refractivity contribution in [2.45, 2.75) is 97.2 Å². The number of hydrogen-bond acceptors (Lipinski definition) is 4. The van der Waals surface area contributed by atoms with E-state index in [0.717, 1.165) is 24.8 Å². The van der Waals surface area contributed by atoms with Gasteiger partial charge in [-0.05, 0) is 50.4 Å². The Morgan fingerprint density at radius 1 is 1.14 bits per heavy atom. The molecule has 0 fully saturated rings. The molecular formula is C23H46O4Si. The van der Waals surface area contributed by atoms with Crippen LogP contribution in [-0.2, 0) is 18.6 Å². The zero-order chi connectivity index (χ0) is 21.8. The normalized spacial score (nSPS) is 16.7. The lowest BCUT2D eigenvalue weighted by Gasteiger charge is -2.41. The van der Waals surface area contributed by atoms with E-state index in [1.807, 2.05) is 13.0 Å². The highest BCUT2D eigenvalue weighted by atomic mass is 28.4. The third kappa shape index (κ3) is 9.84. The van der Waals surface area contributed by atoms with E-state index in [1.54, 1.807) is 7.11 Å². The average molecular weight is 415 g/mol. The van der Waals surface area contributed by atoms with Crippen molar-refractivity contribution in [2.24, 2.45) is 0 Å². The Labute approximate surface area is 175 Å². The fraction of sp³-hybridized carbons (Fsp3) is 0.826. The molecule has 28 heavy (non-hydrogen) atoms. The predicted octanol–water partition coefficient (Wildman–Crippen LogP) is 6.14. The second kappa shape index (κ2) is 13.7. The fourth-order valence-electron chi connectivity index (χ4n) is 2.75. The topological polar surface area (TPSA) is 36.9 Å². The first-order chi connectivity index (χ1) is 13.0. The van der Waals surface area contributed by atoms with E-state index >= 15 is 0 Å². The Hall–Kier alpha value is -0.463. The van der Waals surface area contributed by atoms with E-state index in [1.165, 1.54) is 0 Å². The fourth-order valence-corrected chi connectivity index (χ4v) is 4.12. The van der Waals surface area contributed by atoms with Gasteiger partial charge in [0.25, 0.3) is 0 Å². The molecule has 0 bridgehead atoms. The average Bonchev–Trinajstić information content (AvgIpc) is 2.60. The molecule has 5 heteroatoms. The molecule has 0 radical (unpaired) electrons. The molecule has 0 saturated carbocycles. The molecule has 166 valence electrons. The van der Waals surface area contributed by atoms with Crippen molar-refractivity contribution in [3.63, 3.8) is 0 Å². The van der Waals surface area contributed by atoms with Gasteiger partial charge in [-0.3, -0.25) is 0 Å². The first kappa shape index (κ1) is 27.5. The largest absolute Gasteiger partial charge is 0.411 e. The molecule has 4 nitrogen and oxygen atoms in total. The first-order valence-corrected chi connectivity index (χ1v) is 13.6. The summed E-state index contributed by atoms with van der Waals surface area (Å²) in [6.07, 6.45) is 6.86. The summed E-state index contributed by atoms with van der Waals surface area (Å²) in [5, 5.41) is 0.170. The van der Waals surface area contributed by atoms with Crippen LogP contribution in [0.3, 0.4) is 0 Å². The molecule has 0 aliphatic rings. The van der Waals surface area contributed by atoms with E-state index in [9.17, 15) is 0 Å². The molecule has 0 rings (SSSR count). The van der Waals surface area contributed by atoms with Gasteiger partial charge in [0.15, 0.2) is 8.32 Å². The van der Waals surface area contributed by atoms with Crippen LogP contribution < -0.4 is 0 Å². The molecule has 0 heterocycles. The van der Waals surface area contributed by atoms with E-state index in [0.29, 0.717) is 19.8 Å². The zero-order valence-electron chi connectivity index (χ0n) is 20.0. The molecule has 0 aromatic heterocycles. The van der Waals surface area contributed by atoms with E-state index in [-0.39, 0.29) is 23.4 Å². The van der Waals surface area contributed by atoms with Gasteiger partial charge in [0.2, 0.25) is 0 Å². The highest BCUT2D eigenvalue weighted by molar-refractivity contribution is 6.74. The van der Waals surface area contributed by atoms with Crippen LogP contribution in [0.1, 0.15) is 60.8 Å². The minimum absolute atomic E-state index is 0.00856. The summed E-state index contributed by atoms with van der Waals surface area (Å²) < 4.78 is 24.0. The van der Waals surface area contributed by atoms with Crippen molar-refractivity contribution in [1.29, 1.82) is 0 Å². The van der Waals surface area contributed by atoms with Crippen molar-refractivity contribution < 1.29 is 18.6 Å². The molecule has 0 saturated heterocycles. The summed E-state index contributed by atoms with van der Waals surface area (Å²) in [6.45, 7) is 23.5. The van der Waals surface area contributed by atoms with Gasteiger partial charge >= 0.3 is 0 Å². The van der Waals surface area contributed by atoms with Crippen LogP contribution in [0.15, 0.2) is 24.3 Å². The summed E-state index contributed by atoms with van der Waals surface area (Å²) in [7, 11) is -0.113. The molecular weight excluding hydrogens is 368 g/mol. The molecule has 0 aliphatic heterocycles. The number of ether oxygens (including phenoxy) is 3. The summed E-state index contributed by atoms with van der Waals surface area (Å²) in [5.41, 5.74) is 1.16. The Bertz CT molecular complexity index is 454. The quantitative estimate of drug-likeness (QED) is 0.183. The monoisotopic (exact) mass is 414 g/mol. The molecule has 0 aromatic carbocycles. The van der Waals surface area contributed by atoms with Crippen molar-refractivity contribution in [3.8, 4) is 0 Å². The minimum Gasteiger partial charge on any atom is -0.411 e. The van der Waals surface area contributed by atoms with E-state index < -0.39 is 8.32 Å². The second-order valence-electron chi connectivity index (χ2n) is 8.90. The Balaban J connectivity index is 5.36. The van der Waals surface area contributed by atoms with Gasteiger partial charge in [-0.15, -0.1) is 6.58 Å². The lowest BCUT2D eigenvalue weighted by atomic mass is 10.0. The maximum Gasteiger partial charge on any atom is 0.192 e. The van der Waals surface area contributed by atoms with Crippen LogP contribution in [0.2, 0.25) is 18.1 Å². The number of hydrogen-bond donors (Lipinski definition) is 0. The Kier molecular flexibility index (Phi) is 13.5. The molecule has 0 aliphatic carbocycles. The van der Waals surface area contributed by atoms with E-state index in [2.05, 4.69) is 60.4 Å². The van der Waals surface area contributed by atoms with Gasteiger partial charge in [0, 0.05) is 13.7 Å². The molecule has 0 N–H and O–H groups in total. The van der Waals surface area contributed by atoms with Crippen LogP contribution >= 0.6 is 0 Å². The van der Waals surface area contributed by atoms with Crippen molar-refractivity contribution in [1.82, 2.24) is 0 Å². The molecule has 0 unspecified atom stereocenters. The third-order valence-corrected chi connectivity index (χ3v) is 10.0. The van der Waals surface area contributed by atoms with Gasteiger partial charge in [-0.1, -0.05) is 46.3 Å². The lowest BCUT2D eigenvalue weighted by molar-refractivity contribution is 0.0121. The maximum atomic E-state index is 6.74. The van der Waals surface area contributed by atoms with Crippen LogP contribution in [0.4, 0.5) is 0 Å². The highest BCUT2D eigenvalue weighted by Gasteiger charge is 2.40. The number of rotatable bonds is 15. The zero-order valence-corrected chi connectivity index (χ0v) is 21.0. The third-order valence-electron chi connectivity index (χ3n) is 5.53. The molecule has 0 aromatic rings. The predicted molar refractivity (Wildman–Crippen MR) is 123 cm³/mol. The smallest absolute Gasteiger partial charge is 0.192 e. The maximum absolute atomic E-state index is 6.74. The van der Waals surface area contributed by atoms with Gasteiger partial charge in [-0.25, -0.2) is 0 Å². The second-order valence-corrected chi connectivity index (χ2v) is 13.7. The SMILES string of the molecule is C=CC[C@H](OCCOCC)/C(C)=C/[C@@H](OC)[C@H](CCC)O[Si](C)(C)C(C)(C)C. The van der Waals surface area contributed by atoms with Crippen LogP contribution in [0.25, 0.3) is 0 Å². The van der Waals surface area contributed by atoms with E-state index in [4.69, 9.17) is 18.6 Å². The van der Waals surface area contributed by atoms with Crippen molar-refractivity contribution in [2.75, 3.05) is 26.9 Å². The van der Waals surface area contributed by atoms with Crippen molar-refractivity contribution in [3.05, 3.63) is 24.3 Å². The van der Waals surface area contributed by atoms with Gasteiger partial charge in [-0.2, -0.15) is 0 Å². The summed E-state index contributed by atoms with van der Waals surface area (Å²) in [5.74, 6) is 0. The molecule has 3 atom stereocenters. The van der Waals surface area contributed by atoms with Gasteiger partial charge in [0.1, 0.15) is 6.10 Å². The van der Waals surface area contributed by atoms with Crippen LogP contribution in [0.5, 0.6) is 0 Å². The first-order valence-electron chi connectivity index (χ1n) is 10.7. The number of methoxy groups -OCH3 is 1. The summed E-state index contributed by atoms with van der Waals surface area (Å²) in [6, 6.07) is 0. The van der Waals surface area contributed by atoms with Crippen LogP contribution in [0, 0.1) is 0 Å². The summed E-state index contributed by atoms with van der Waals surface area (Å²) >= 11 is 0. The minimum atomic E-state index is -1.88. The molecule has 0 amide bonds. The Morgan fingerprint density at radius 2 is 1.79 bits per heavy atom. The standard InChI is InChI=1S/C23H46O4Si/c1-11-14-20(26-17-16-25-13-3)19(4)18-22(24-8)21(15-12-2)27-28(9,10)23(5,6)7/h11,18,20-22H,1,12-17H2,2-10H3/b19-18+/t20-,21-,22+/m0/s1. The Morgan fingerprint density at radius 3 is 2.25 bits per heavy atom. The lowest BCUT2D eigenvalue weighted by Crippen LogP contribution is -2.47. The van der Waals surface area contributed by atoms with Crippen molar-refractivity contribution >= 4 is 8.32 Å². The highest BCUT2D eigenvalue weighted by Crippen LogP contribution is 2.38.